The van der Waals surface area contributed by atoms with E-state index in [1.165, 1.54) is 0 Å². The van der Waals surface area contributed by atoms with Gasteiger partial charge < -0.3 is 4.74 Å². The summed E-state index contributed by atoms with van der Waals surface area (Å²) < 4.78 is 4.48. The molecule has 4 heteroatoms. The SMILES string of the molecule is CCOC(=O)C=CC(=O)C(C)=O. The van der Waals surface area contributed by atoms with Crippen LogP contribution in [-0.2, 0) is 19.1 Å². The van der Waals surface area contributed by atoms with Gasteiger partial charge in [0.2, 0.25) is 5.78 Å². The molecule has 0 bridgehead atoms. The maximum atomic E-state index is 10.6. The van der Waals surface area contributed by atoms with Crippen LogP contribution in [0.5, 0.6) is 0 Å². The molecule has 0 aromatic carbocycles. The zero-order chi connectivity index (χ0) is 9.56. The maximum absolute atomic E-state index is 10.6. The van der Waals surface area contributed by atoms with E-state index < -0.39 is 17.5 Å². The van der Waals surface area contributed by atoms with Crippen molar-refractivity contribution in [3.63, 3.8) is 0 Å². The van der Waals surface area contributed by atoms with Gasteiger partial charge in [-0.3, -0.25) is 9.59 Å². The molecule has 0 fully saturated rings. The van der Waals surface area contributed by atoms with E-state index >= 15 is 0 Å². The monoisotopic (exact) mass is 170 g/mol. The Balaban J connectivity index is 3.98. The minimum atomic E-state index is -0.706. The van der Waals surface area contributed by atoms with Crippen molar-refractivity contribution in [2.45, 2.75) is 13.8 Å². The van der Waals surface area contributed by atoms with Gasteiger partial charge >= 0.3 is 5.97 Å². The molecule has 0 saturated carbocycles. The third-order valence-electron chi connectivity index (χ3n) is 1.00. The molecule has 0 unspecified atom stereocenters. The van der Waals surface area contributed by atoms with E-state index in [2.05, 4.69) is 4.74 Å². The van der Waals surface area contributed by atoms with E-state index in [9.17, 15) is 14.4 Å². The van der Waals surface area contributed by atoms with E-state index in [0.717, 1.165) is 19.1 Å². The Labute approximate surface area is 70.2 Å². The van der Waals surface area contributed by atoms with Crippen LogP contribution in [0.2, 0.25) is 0 Å². The van der Waals surface area contributed by atoms with E-state index in [0.29, 0.717) is 0 Å². The summed E-state index contributed by atoms with van der Waals surface area (Å²) in [5.74, 6) is -1.93. The predicted octanol–water partition coefficient (Wildman–Crippen LogP) is 0.264. The number of carbonyl (C=O) groups is 3. The summed E-state index contributed by atoms with van der Waals surface area (Å²) >= 11 is 0. The van der Waals surface area contributed by atoms with Gasteiger partial charge in [-0.1, -0.05) is 0 Å². The number of hydrogen-bond donors (Lipinski definition) is 0. The number of ether oxygens (including phenoxy) is 1. The first-order chi connectivity index (χ1) is 5.57. The first-order valence-corrected chi connectivity index (χ1v) is 3.47. The number of carbonyl (C=O) groups excluding carboxylic acids is 3. The lowest BCUT2D eigenvalue weighted by molar-refractivity contribution is -0.137. The van der Waals surface area contributed by atoms with Crippen LogP contribution in [0, 0.1) is 0 Å². The van der Waals surface area contributed by atoms with Crippen molar-refractivity contribution in [1.29, 1.82) is 0 Å². The quantitative estimate of drug-likeness (QED) is 0.345. The molecular weight excluding hydrogens is 160 g/mol. The molecule has 0 rings (SSSR count). The Bertz CT molecular complexity index is 227. The fourth-order valence-electron chi connectivity index (χ4n) is 0.451. The van der Waals surface area contributed by atoms with Gasteiger partial charge in [-0.05, 0) is 13.0 Å². The molecule has 0 aromatic rings. The highest BCUT2D eigenvalue weighted by molar-refractivity contribution is 6.41. The number of Topliss-reactive ketones (excluding diaryl/α,β-unsaturated/α-hetero) is 1. The summed E-state index contributed by atoms with van der Waals surface area (Å²) in [6.07, 6.45) is 1.84. The number of ketones is 2. The van der Waals surface area contributed by atoms with E-state index in [4.69, 9.17) is 0 Å². The molecule has 0 aliphatic rings. The fourth-order valence-corrected chi connectivity index (χ4v) is 0.451. The summed E-state index contributed by atoms with van der Waals surface area (Å²) in [7, 11) is 0. The fraction of sp³-hybridized carbons (Fsp3) is 0.375. The standard InChI is InChI=1S/C8H10O4/c1-3-12-8(11)5-4-7(10)6(2)9/h4-5H,3H2,1-2H3. The highest BCUT2D eigenvalue weighted by Gasteiger charge is 2.03. The molecule has 0 atom stereocenters. The summed E-state index contributed by atoms with van der Waals surface area (Å²) in [6, 6.07) is 0. The van der Waals surface area contributed by atoms with Gasteiger partial charge in [0, 0.05) is 13.0 Å². The molecule has 0 amide bonds. The predicted molar refractivity (Wildman–Crippen MR) is 41.5 cm³/mol. The normalized spacial score (nSPS) is 9.83. The number of allylic oxidation sites excluding steroid dienone is 1. The van der Waals surface area contributed by atoms with Crippen LogP contribution >= 0.6 is 0 Å². The minimum absolute atomic E-state index is 0.247. The van der Waals surface area contributed by atoms with Gasteiger partial charge in [0.05, 0.1) is 6.61 Å². The highest BCUT2D eigenvalue weighted by atomic mass is 16.5. The molecule has 12 heavy (non-hydrogen) atoms. The molecular formula is C8H10O4. The van der Waals surface area contributed by atoms with Crippen molar-refractivity contribution in [3.8, 4) is 0 Å². The third kappa shape index (κ3) is 4.38. The lowest BCUT2D eigenvalue weighted by Crippen LogP contribution is -2.07. The number of hydrogen-bond acceptors (Lipinski definition) is 4. The van der Waals surface area contributed by atoms with Crippen LogP contribution in [0.3, 0.4) is 0 Å². The number of rotatable bonds is 4. The van der Waals surface area contributed by atoms with Crippen LogP contribution in [0.15, 0.2) is 12.2 Å². The minimum Gasteiger partial charge on any atom is -0.463 e. The van der Waals surface area contributed by atoms with Crippen LogP contribution in [0.4, 0.5) is 0 Å². The van der Waals surface area contributed by atoms with Crippen molar-refractivity contribution in [2.75, 3.05) is 6.61 Å². The maximum Gasteiger partial charge on any atom is 0.330 e. The Morgan fingerprint density at radius 3 is 2.25 bits per heavy atom. The lowest BCUT2D eigenvalue weighted by Gasteiger charge is -1.92. The molecule has 4 nitrogen and oxygen atoms in total. The molecule has 0 aliphatic heterocycles. The highest BCUT2D eigenvalue weighted by Crippen LogP contribution is 1.83. The Morgan fingerprint density at radius 1 is 1.25 bits per heavy atom. The number of esters is 1. The molecule has 0 saturated heterocycles. The third-order valence-corrected chi connectivity index (χ3v) is 1.00. The molecule has 0 heterocycles. The second-order valence-corrected chi connectivity index (χ2v) is 2.01. The topological polar surface area (TPSA) is 60.4 Å². The Morgan fingerprint density at radius 2 is 1.83 bits per heavy atom. The van der Waals surface area contributed by atoms with Gasteiger partial charge in [-0.2, -0.15) is 0 Å². The van der Waals surface area contributed by atoms with E-state index in [1.54, 1.807) is 6.92 Å². The van der Waals surface area contributed by atoms with Crippen molar-refractivity contribution >= 4 is 17.5 Å². The second kappa shape index (κ2) is 5.23. The van der Waals surface area contributed by atoms with Crippen molar-refractivity contribution in [3.05, 3.63) is 12.2 Å². The molecule has 0 radical (unpaired) electrons. The zero-order valence-electron chi connectivity index (χ0n) is 6.99. The van der Waals surface area contributed by atoms with Crippen LogP contribution in [0.1, 0.15) is 13.8 Å². The van der Waals surface area contributed by atoms with Crippen LogP contribution in [-0.4, -0.2) is 24.1 Å². The first-order valence-electron chi connectivity index (χ1n) is 3.47. The Kier molecular flexibility index (Phi) is 4.60. The lowest BCUT2D eigenvalue weighted by atomic mass is 10.3. The second-order valence-electron chi connectivity index (χ2n) is 2.01. The van der Waals surface area contributed by atoms with Gasteiger partial charge in [-0.25, -0.2) is 4.79 Å². The summed E-state index contributed by atoms with van der Waals surface area (Å²) in [4.78, 5) is 31.6. The Hall–Kier alpha value is -1.45. The summed E-state index contributed by atoms with van der Waals surface area (Å²) in [6.45, 7) is 3.04. The molecule has 66 valence electrons. The van der Waals surface area contributed by atoms with Crippen molar-refractivity contribution in [1.82, 2.24) is 0 Å². The molecule has 0 spiro atoms. The van der Waals surface area contributed by atoms with Gasteiger partial charge in [0.25, 0.3) is 0 Å². The zero-order valence-corrected chi connectivity index (χ0v) is 6.99. The average Bonchev–Trinajstić information content (AvgIpc) is 2.00. The summed E-state index contributed by atoms with van der Waals surface area (Å²) in [5, 5.41) is 0. The first kappa shape index (κ1) is 10.6. The largest absolute Gasteiger partial charge is 0.463 e. The average molecular weight is 170 g/mol. The molecule has 0 N–H and O–H groups in total. The smallest absolute Gasteiger partial charge is 0.330 e. The van der Waals surface area contributed by atoms with E-state index in [-0.39, 0.29) is 6.61 Å². The molecule has 0 aromatic heterocycles. The van der Waals surface area contributed by atoms with Gasteiger partial charge in [0.1, 0.15) is 0 Å². The van der Waals surface area contributed by atoms with Crippen molar-refractivity contribution < 1.29 is 19.1 Å². The molecule has 0 aliphatic carbocycles. The van der Waals surface area contributed by atoms with Gasteiger partial charge in [0.15, 0.2) is 5.78 Å². The van der Waals surface area contributed by atoms with Crippen LogP contribution in [0.25, 0.3) is 0 Å². The summed E-state index contributed by atoms with van der Waals surface area (Å²) in [5.41, 5.74) is 0. The van der Waals surface area contributed by atoms with E-state index in [1.807, 2.05) is 0 Å². The van der Waals surface area contributed by atoms with Gasteiger partial charge in [-0.15, -0.1) is 0 Å². The van der Waals surface area contributed by atoms with Crippen molar-refractivity contribution in [2.24, 2.45) is 0 Å². The van der Waals surface area contributed by atoms with Crippen LogP contribution < -0.4 is 0 Å².